The summed E-state index contributed by atoms with van der Waals surface area (Å²) >= 11 is 0. The SMILES string of the molecule is OCCCC1(CO)c2cc(-c3ccc4ccc5cc(CO)cc6ccc3c4c56)ccc2-c2ccc(-c3ccc4ccc5cc(CCO)cc6ccc3c4c56)cc21. The monoisotopic (exact) mass is 728 g/mol. The topological polar surface area (TPSA) is 80.9 Å². The Balaban J connectivity index is 1.08. The molecular weight excluding hydrogens is 689 g/mol. The lowest BCUT2D eigenvalue weighted by Gasteiger charge is -2.30. The normalized spacial score (nSPS) is 15.4. The minimum absolute atomic E-state index is 0.00946. The Labute approximate surface area is 324 Å². The molecule has 56 heavy (non-hydrogen) atoms. The minimum atomic E-state index is -0.684. The fraction of sp³-hybridized carbons (Fsp3) is 0.154. The molecule has 0 bridgehead atoms. The van der Waals surface area contributed by atoms with Crippen LogP contribution in [0.15, 0.2) is 133 Å². The summed E-state index contributed by atoms with van der Waals surface area (Å²) < 4.78 is 0. The quantitative estimate of drug-likeness (QED) is 0.112. The molecule has 4 N–H and O–H groups in total. The predicted octanol–water partition coefficient (Wildman–Crippen LogP) is 10.9. The smallest absolute Gasteiger partial charge is 0.0682 e. The molecule has 0 saturated carbocycles. The number of rotatable bonds is 9. The van der Waals surface area contributed by atoms with E-state index in [2.05, 4.69) is 133 Å². The zero-order valence-electron chi connectivity index (χ0n) is 30.9. The zero-order chi connectivity index (χ0) is 37.7. The van der Waals surface area contributed by atoms with Gasteiger partial charge in [0, 0.05) is 18.6 Å². The molecule has 1 unspecified atom stereocenters. The van der Waals surface area contributed by atoms with Crippen molar-refractivity contribution in [2.24, 2.45) is 0 Å². The minimum Gasteiger partial charge on any atom is -0.396 e. The highest BCUT2D eigenvalue weighted by molar-refractivity contribution is 6.27. The van der Waals surface area contributed by atoms with Crippen molar-refractivity contribution in [1.29, 1.82) is 0 Å². The molecule has 0 aromatic heterocycles. The Morgan fingerprint density at radius 3 is 1.30 bits per heavy atom. The van der Waals surface area contributed by atoms with Crippen LogP contribution in [0.25, 0.3) is 98.0 Å². The van der Waals surface area contributed by atoms with E-state index in [1.165, 1.54) is 53.9 Å². The van der Waals surface area contributed by atoms with Crippen molar-refractivity contribution in [2.45, 2.75) is 31.3 Å². The lowest BCUT2D eigenvalue weighted by atomic mass is 9.74. The molecule has 0 spiro atoms. The van der Waals surface area contributed by atoms with Crippen LogP contribution >= 0.6 is 0 Å². The van der Waals surface area contributed by atoms with Gasteiger partial charge < -0.3 is 20.4 Å². The molecule has 0 aliphatic heterocycles. The number of aliphatic hydroxyl groups excluding tert-OH is 4. The van der Waals surface area contributed by atoms with Crippen LogP contribution in [0.4, 0.5) is 0 Å². The van der Waals surface area contributed by atoms with Gasteiger partial charge in [0.2, 0.25) is 0 Å². The Morgan fingerprint density at radius 1 is 0.393 bits per heavy atom. The van der Waals surface area contributed by atoms with Crippen molar-refractivity contribution < 1.29 is 20.4 Å². The van der Waals surface area contributed by atoms with Gasteiger partial charge in [0.25, 0.3) is 0 Å². The lowest BCUT2D eigenvalue weighted by Crippen LogP contribution is -2.30. The summed E-state index contributed by atoms with van der Waals surface area (Å²) in [4.78, 5) is 0. The Hall–Kier alpha value is -5.88. The number of aliphatic hydroxyl groups is 4. The Kier molecular flexibility index (Phi) is 7.51. The molecule has 11 rings (SSSR count). The standard InChI is InChI=1S/C52H40O4/c53-20-1-19-52(29-56)46-26-34(40-12-6-32-2-4-36-22-30(18-21-54)23-38-10-16-44(40)50(32)48(36)38)8-14-42(46)43-15-9-35(27-47(43)52)41-13-7-33-3-5-37-24-31(28-55)25-39-11-17-45(41)51(33)49(37)39/h2-17,22-27,53-56H,1,18-21,28-29H2. The van der Waals surface area contributed by atoms with E-state index in [0.29, 0.717) is 19.3 Å². The number of hydrogen-bond donors (Lipinski definition) is 4. The van der Waals surface area contributed by atoms with Crippen molar-refractivity contribution in [3.8, 4) is 33.4 Å². The molecule has 4 heteroatoms. The second-order valence-corrected chi connectivity index (χ2v) is 15.8. The largest absolute Gasteiger partial charge is 0.396 e. The van der Waals surface area contributed by atoms with Gasteiger partial charge >= 0.3 is 0 Å². The van der Waals surface area contributed by atoms with Gasteiger partial charge in [0.1, 0.15) is 0 Å². The molecule has 0 fully saturated rings. The molecule has 10 aromatic carbocycles. The first-order valence-electron chi connectivity index (χ1n) is 19.7. The third-order valence-electron chi connectivity index (χ3n) is 12.9. The fourth-order valence-corrected chi connectivity index (χ4v) is 10.4. The van der Waals surface area contributed by atoms with Crippen LogP contribution in [0.1, 0.15) is 35.1 Å². The van der Waals surface area contributed by atoms with Crippen LogP contribution < -0.4 is 0 Å². The van der Waals surface area contributed by atoms with Crippen molar-refractivity contribution in [3.63, 3.8) is 0 Å². The van der Waals surface area contributed by atoms with E-state index in [1.54, 1.807) is 0 Å². The van der Waals surface area contributed by atoms with E-state index in [-0.39, 0.29) is 26.4 Å². The second kappa shape index (κ2) is 12.6. The molecule has 1 atom stereocenters. The van der Waals surface area contributed by atoms with Crippen molar-refractivity contribution >= 4 is 64.6 Å². The molecular formula is C52H40O4. The third kappa shape index (κ3) is 4.68. The fourth-order valence-electron chi connectivity index (χ4n) is 10.4. The van der Waals surface area contributed by atoms with Gasteiger partial charge in [0.15, 0.2) is 0 Å². The molecule has 0 radical (unpaired) electrons. The van der Waals surface area contributed by atoms with Crippen LogP contribution in [0.3, 0.4) is 0 Å². The Bertz CT molecular complexity index is 3140. The highest BCUT2D eigenvalue weighted by Crippen LogP contribution is 2.54. The van der Waals surface area contributed by atoms with Crippen LogP contribution in [-0.4, -0.2) is 40.2 Å². The van der Waals surface area contributed by atoms with Gasteiger partial charge in [-0.15, -0.1) is 0 Å². The Morgan fingerprint density at radius 2 is 0.839 bits per heavy atom. The zero-order valence-corrected chi connectivity index (χ0v) is 30.9. The van der Waals surface area contributed by atoms with Crippen molar-refractivity contribution in [3.05, 3.63) is 156 Å². The van der Waals surface area contributed by atoms with E-state index < -0.39 is 5.41 Å². The van der Waals surface area contributed by atoms with Crippen LogP contribution in [0.5, 0.6) is 0 Å². The van der Waals surface area contributed by atoms with Gasteiger partial charge in [-0.05, 0) is 164 Å². The first-order valence-corrected chi connectivity index (χ1v) is 19.7. The van der Waals surface area contributed by atoms with Crippen molar-refractivity contribution in [2.75, 3.05) is 19.8 Å². The maximum atomic E-state index is 11.6. The van der Waals surface area contributed by atoms with Crippen LogP contribution in [0.2, 0.25) is 0 Å². The molecule has 0 amide bonds. The summed E-state index contributed by atoms with van der Waals surface area (Å²) in [7, 11) is 0. The van der Waals surface area contributed by atoms with Crippen LogP contribution in [0, 0.1) is 0 Å². The second-order valence-electron chi connectivity index (χ2n) is 15.8. The van der Waals surface area contributed by atoms with E-state index in [4.69, 9.17) is 0 Å². The van der Waals surface area contributed by atoms with E-state index in [1.807, 2.05) is 0 Å². The first-order chi connectivity index (χ1) is 27.5. The number of benzene rings is 10. The first kappa shape index (κ1) is 33.5. The molecule has 272 valence electrons. The maximum absolute atomic E-state index is 11.6. The van der Waals surface area contributed by atoms with Crippen molar-refractivity contribution in [1.82, 2.24) is 0 Å². The average molecular weight is 729 g/mol. The lowest BCUT2D eigenvalue weighted by molar-refractivity contribution is 0.197. The highest BCUT2D eigenvalue weighted by atomic mass is 16.3. The summed E-state index contributed by atoms with van der Waals surface area (Å²) in [6.45, 7) is 0.117. The number of hydrogen-bond acceptors (Lipinski definition) is 4. The average Bonchev–Trinajstić information content (AvgIpc) is 3.51. The summed E-state index contributed by atoms with van der Waals surface area (Å²) in [5.74, 6) is 0. The molecule has 1 aliphatic carbocycles. The van der Waals surface area contributed by atoms with Gasteiger partial charge in [0.05, 0.1) is 13.2 Å². The highest BCUT2D eigenvalue weighted by Gasteiger charge is 2.43. The van der Waals surface area contributed by atoms with E-state index in [9.17, 15) is 20.4 Å². The van der Waals surface area contributed by atoms with E-state index in [0.717, 1.165) is 66.4 Å². The van der Waals surface area contributed by atoms with Gasteiger partial charge in [-0.2, -0.15) is 0 Å². The molecule has 0 heterocycles. The van der Waals surface area contributed by atoms with Crippen LogP contribution in [-0.2, 0) is 18.4 Å². The summed E-state index contributed by atoms with van der Waals surface area (Å²) in [5.41, 5.74) is 10.3. The third-order valence-corrected chi connectivity index (χ3v) is 12.9. The van der Waals surface area contributed by atoms with Gasteiger partial charge in [-0.25, -0.2) is 0 Å². The molecule has 0 saturated heterocycles. The van der Waals surface area contributed by atoms with Gasteiger partial charge in [-0.3, -0.25) is 0 Å². The van der Waals surface area contributed by atoms with E-state index >= 15 is 0 Å². The summed E-state index contributed by atoms with van der Waals surface area (Å²) in [6.07, 6.45) is 1.82. The molecule has 1 aliphatic rings. The maximum Gasteiger partial charge on any atom is 0.0682 e. The summed E-state index contributed by atoms with van der Waals surface area (Å²) in [5, 5.41) is 55.6. The molecule has 4 nitrogen and oxygen atoms in total. The predicted molar refractivity (Wildman–Crippen MR) is 231 cm³/mol. The molecule has 10 aromatic rings. The van der Waals surface area contributed by atoms with Gasteiger partial charge in [-0.1, -0.05) is 109 Å². The number of fused-ring (bicyclic) bond motifs is 3. The summed E-state index contributed by atoms with van der Waals surface area (Å²) in [6, 6.07) is 48.5.